The summed E-state index contributed by atoms with van der Waals surface area (Å²) in [7, 11) is 0. The normalized spacial score (nSPS) is 10.7. The fourth-order valence-corrected chi connectivity index (χ4v) is 1.66. The van der Waals surface area contributed by atoms with Crippen LogP contribution < -0.4 is 16.7 Å². The van der Waals surface area contributed by atoms with Crippen molar-refractivity contribution in [2.24, 2.45) is 0 Å². The Morgan fingerprint density at radius 3 is 2.26 bits per heavy atom. The maximum absolute atomic E-state index is 11.8. The molecule has 3 aromatic rings. The van der Waals surface area contributed by atoms with E-state index in [1.165, 1.54) is 0 Å². The maximum Gasteiger partial charge on any atom is 0.315 e. The van der Waals surface area contributed by atoms with Gasteiger partial charge in [0.2, 0.25) is 0 Å². The first-order chi connectivity index (χ1) is 9.15. The first kappa shape index (κ1) is 11.1. The molecule has 0 aliphatic heterocycles. The predicted molar refractivity (Wildman–Crippen MR) is 66.8 cm³/mol. The highest BCUT2D eigenvalue weighted by atomic mass is 16.2. The van der Waals surface area contributed by atoms with Crippen LogP contribution in [-0.4, -0.2) is 24.9 Å². The second-order valence-electron chi connectivity index (χ2n) is 3.78. The van der Waals surface area contributed by atoms with Crippen molar-refractivity contribution in [3.63, 3.8) is 0 Å². The summed E-state index contributed by atoms with van der Waals surface area (Å²) in [6.45, 7) is 0. The molecule has 8 heteroatoms. The van der Waals surface area contributed by atoms with E-state index in [-0.39, 0.29) is 17.0 Å². The molecule has 0 aromatic carbocycles. The number of H-pyrrole nitrogens is 3. The van der Waals surface area contributed by atoms with E-state index >= 15 is 0 Å². The van der Waals surface area contributed by atoms with Gasteiger partial charge < -0.3 is 15.0 Å². The molecule has 0 aliphatic rings. The minimum absolute atomic E-state index is 0.0279. The molecule has 0 bridgehead atoms. The fraction of sp³-hybridized carbons (Fsp3) is 0. The molecule has 0 atom stereocenters. The Bertz CT molecular complexity index is 923. The van der Waals surface area contributed by atoms with Crippen LogP contribution in [0, 0.1) is 0 Å². The van der Waals surface area contributed by atoms with Crippen LogP contribution >= 0.6 is 0 Å². The van der Waals surface area contributed by atoms with Gasteiger partial charge in [-0.3, -0.25) is 19.4 Å². The largest absolute Gasteiger partial charge is 0.315 e. The van der Waals surface area contributed by atoms with Crippen LogP contribution in [0.1, 0.15) is 0 Å². The molecule has 3 heterocycles. The number of hydrogen-bond donors (Lipinski definition) is 3. The average Bonchev–Trinajstić information content (AvgIpc) is 2.42. The average molecular weight is 257 g/mol. The third-order valence-corrected chi connectivity index (χ3v) is 2.55. The molecule has 19 heavy (non-hydrogen) atoms. The van der Waals surface area contributed by atoms with Crippen LogP contribution in [0.5, 0.6) is 0 Å². The SMILES string of the molecule is O=c1[nH]c2nc(-c3ccncc3)[nH]c(=O)c2[nH]c1=O. The van der Waals surface area contributed by atoms with Gasteiger partial charge in [0.25, 0.3) is 5.56 Å². The molecule has 3 aromatic heterocycles. The zero-order valence-corrected chi connectivity index (χ0v) is 9.43. The smallest absolute Gasteiger partial charge is 0.310 e. The van der Waals surface area contributed by atoms with Gasteiger partial charge in [0.15, 0.2) is 11.2 Å². The summed E-state index contributed by atoms with van der Waals surface area (Å²) in [5, 5.41) is 0. The van der Waals surface area contributed by atoms with Crippen molar-refractivity contribution in [3.8, 4) is 11.4 Å². The number of aromatic nitrogens is 5. The molecule has 0 spiro atoms. The highest BCUT2D eigenvalue weighted by Gasteiger charge is 2.08. The molecule has 3 N–H and O–H groups in total. The standard InChI is InChI=1S/C11H7N5O3/c17-9-6-8(16-11(19)10(18)13-6)14-7(15-9)5-1-3-12-4-2-5/h1-4H,(H,13,18)(H2,14,15,16,17,19). The monoisotopic (exact) mass is 257 g/mol. The zero-order valence-electron chi connectivity index (χ0n) is 9.43. The van der Waals surface area contributed by atoms with Crippen molar-refractivity contribution in [2.75, 3.05) is 0 Å². The molecule has 0 saturated heterocycles. The first-order valence-electron chi connectivity index (χ1n) is 5.32. The third kappa shape index (κ3) is 1.84. The summed E-state index contributed by atoms with van der Waals surface area (Å²) >= 11 is 0. The summed E-state index contributed by atoms with van der Waals surface area (Å²) in [4.78, 5) is 49.1. The molecule has 0 aliphatic carbocycles. The van der Waals surface area contributed by atoms with Crippen LogP contribution in [0.4, 0.5) is 0 Å². The van der Waals surface area contributed by atoms with Crippen molar-refractivity contribution >= 4 is 11.2 Å². The van der Waals surface area contributed by atoms with E-state index in [0.29, 0.717) is 5.56 Å². The summed E-state index contributed by atoms with van der Waals surface area (Å²) in [5.41, 5.74) is -1.68. The van der Waals surface area contributed by atoms with Crippen molar-refractivity contribution in [3.05, 3.63) is 55.6 Å². The quantitative estimate of drug-likeness (QED) is 0.500. The van der Waals surface area contributed by atoms with Crippen LogP contribution in [0.25, 0.3) is 22.6 Å². The van der Waals surface area contributed by atoms with Gasteiger partial charge in [-0.15, -0.1) is 0 Å². The predicted octanol–water partition coefficient (Wildman–Crippen LogP) is -0.638. The number of pyridine rings is 1. The van der Waals surface area contributed by atoms with Crippen molar-refractivity contribution in [1.29, 1.82) is 0 Å². The number of aromatic amines is 3. The Morgan fingerprint density at radius 2 is 1.53 bits per heavy atom. The molecule has 0 saturated carbocycles. The molecule has 0 amide bonds. The molecule has 0 unspecified atom stereocenters. The van der Waals surface area contributed by atoms with Gasteiger partial charge in [-0.25, -0.2) is 4.98 Å². The topological polar surface area (TPSA) is 124 Å². The minimum atomic E-state index is -0.892. The Labute approximate surface area is 104 Å². The number of rotatable bonds is 1. The van der Waals surface area contributed by atoms with Gasteiger partial charge >= 0.3 is 11.1 Å². The molecule has 94 valence electrons. The van der Waals surface area contributed by atoms with E-state index in [9.17, 15) is 14.4 Å². The van der Waals surface area contributed by atoms with Gasteiger partial charge in [0.05, 0.1) is 0 Å². The minimum Gasteiger partial charge on any atom is -0.310 e. The van der Waals surface area contributed by atoms with Crippen molar-refractivity contribution in [2.45, 2.75) is 0 Å². The molecule has 3 rings (SSSR count). The van der Waals surface area contributed by atoms with Crippen molar-refractivity contribution in [1.82, 2.24) is 24.9 Å². The highest BCUT2D eigenvalue weighted by molar-refractivity contribution is 5.70. The number of nitrogens with one attached hydrogen (secondary N) is 3. The number of fused-ring (bicyclic) bond motifs is 1. The van der Waals surface area contributed by atoms with Gasteiger partial charge in [0, 0.05) is 18.0 Å². The Balaban J connectivity index is 2.37. The lowest BCUT2D eigenvalue weighted by Gasteiger charge is -2.01. The maximum atomic E-state index is 11.8. The van der Waals surface area contributed by atoms with Gasteiger partial charge in [-0.05, 0) is 12.1 Å². The Kier molecular flexibility index (Phi) is 2.34. The first-order valence-corrected chi connectivity index (χ1v) is 5.32. The Hall–Kier alpha value is -3.03. The van der Waals surface area contributed by atoms with E-state index < -0.39 is 16.7 Å². The lowest BCUT2D eigenvalue weighted by Crippen LogP contribution is -2.31. The number of hydrogen-bond acceptors (Lipinski definition) is 5. The van der Waals surface area contributed by atoms with Crippen molar-refractivity contribution < 1.29 is 0 Å². The highest BCUT2D eigenvalue weighted by Crippen LogP contribution is 2.11. The summed E-state index contributed by atoms with van der Waals surface area (Å²) in [5.74, 6) is 0.280. The third-order valence-electron chi connectivity index (χ3n) is 2.55. The lowest BCUT2D eigenvalue weighted by atomic mass is 10.2. The van der Waals surface area contributed by atoms with E-state index in [1.807, 2.05) is 0 Å². The van der Waals surface area contributed by atoms with E-state index in [0.717, 1.165) is 0 Å². The second kappa shape index (κ2) is 4.02. The second-order valence-corrected chi connectivity index (χ2v) is 3.78. The fourth-order valence-electron chi connectivity index (χ4n) is 1.66. The zero-order chi connectivity index (χ0) is 13.4. The van der Waals surface area contributed by atoms with Crippen LogP contribution in [0.3, 0.4) is 0 Å². The number of nitrogens with zero attached hydrogens (tertiary/aromatic N) is 2. The van der Waals surface area contributed by atoms with Gasteiger partial charge in [-0.1, -0.05) is 0 Å². The van der Waals surface area contributed by atoms with Gasteiger partial charge in [0.1, 0.15) is 5.82 Å². The lowest BCUT2D eigenvalue weighted by molar-refractivity contribution is 1.06. The van der Waals surface area contributed by atoms with Crippen LogP contribution in [-0.2, 0) is 0 Å². The molecular formula is C11H7N5O3. The summed E-state index contributed by atoms with van der Waals surface area (Å²) < 4.78 is 0. The molecule has 0 radical (unpaired) electrons. The van der Waals surface area contributed by atoms with Crippen LogP contribution in [0.15, 0.2) is 38.9 Å². The molecule has 8 nitrogen and oxygen atoms in total. The summed E-state index contributed by atoms with van der Waals surface area (Å²) in [6, 6.07) is 3.32. The van der Waals surface area contributed by atoms with Gasteiger partial charge in [-0.2, -0.15) is 0 Å². The molecule has 0 fully saturated rings. The van der Waals surface area contributed by atoms with E-state index in [2.05, 4.69) is 24.9 Å². The summed E-state index contributed by atoms with van der Waals surface area (Å²) in [6.07, 6.45) is 3.10. The van der Waals surface area contributed by atoms with E-state index in [4.69, 9.17) is 0 Å². The molecular weight excluding hydrogens is 250 g/mol. The van der Waals surface area contributed by atoms with E-state index in [1.54, 1.807) is 24.5 Å². The van der Waals surface area contributed by atoms with Crippen LogP contribution in [0.2, 0.25) is 0 Å². The Morgan fingerprint density at radius 1 is 0.842 bits per heavy atom.